The Kier molecular flexibility index (Phi) is 14.4. The number of aliphatic hydroxyl groups is 1. The monoisotopic (exact) mass is 1010 g/mol. The van der Waals surface area contributed by atoms with Gasteiger partial charge in [0.15, 0.2) is 24.6 Å². The Hall–Kier alpha value is -6.82. The van der Waals surface area contributed by atoms with Crippen molar-refractivity contribution in [2.75, 3.05) is 13.2 Å². The third-order valence-electron chi connectivity index (χ3n) is 13.6. The van der Waals surface area contributed by atoms with Crippen LogP contribution in [0.4, 0.5) is 0 Å². The molecule has 3 aromatic heterocycles. The second-order valence-electron chi connectivity index (χ2n) is 19.9. The van der Waals surface area contributed by atoms with Crippen molar-refractivity contribution in [1.29, 1.82) is 0 Å². The minimum Gasteiger partial charge on any atom is -0.490 e. The van der Waals surface area contributed by atoms with E-state index in [1.807, 2.05) is 87.7 Å². The summed E-state index contributed by atoms with van der Waals surface area (Å²) in [4.78, 5) is 53.4. The summed E-state index contributed by atoms with van der Waals surface area (Å²) in [6.45, 7) is 18.2. The summed E-state index contributed by atoms with van der Waals surface area (Å²) in [5.74, 6) is 2.25. The van der Waals surface area contributed by atoms with Crippen molar-refractivity contribution in [2.24, 2.45) is 10.4 Å². The summed E-state index contributed by atoms with van der Waals surface area (Å²) in [6, 6.07) is 20.5. The SMILES string of the molecule is C=C(NCc1ccc(-c2ocnc2C)cc1)[C@@H]1C[C@@H](O)CN1C(=O)[C@@H](NC(=O)COc1ccc(OC2CC(NC(=O)C[C@@H]3N=C(c4ccc(Cl)cc4)c4c(sc(C)c4C)-n4c(C)nnc43)C2)cc1)C(C)(C)C. The Morgan fingerprint density at radius 3 is 2.31 bits per heavy atom. The van der Waals surface area contributed by atoms with E-state index in [0.29, 0.717) is 53.9 Å². The second-order valence-corrected chi connectivity index (χ2v) is 21.6. The molecule has 0 spiro atoms. The van der Waals surface area contributed by atoms with Crippen LogP contribution in [0.3, 0.4) is 0 Å². The number of nitrogens with zero attached hydrogens (tertiary/aromatic N) is 6. The number of fused-ring (bicyclic) bond motifs is 3. The van der Waals surface area contributed by atoms with Crippen molar-refractivity contribution in [2.45, 2.75) is 117 Å². The van der Waals surface area contributed by atoms with E-state index in [2.05, 4.69) is 51.6 Å². The predicted octanol–water partition coefficient (Wildman–Crippen LogP) is 8.05. The number of rotatable bonds is 16. The molecule has 0 unspecified atom stereocenters. The number of aryl methyl sites for hydroxylation is 3. The zero-order valence-corrected chi connectivity index (χ0v) is 43.1. The fourth-order valence-corrected chi connectivity index (χ4v) is 10.8. The van der Waals surface area contributed by atoms with Gasteiger partial charge in [0.2, 0.25) is 11.8 Å². The maximum absolute atomic E-state index is 14.2. The molecule has 376 valence electrons. The Balaban J connectivity index is 0.744. The Labute approximate surface area is 427 Å². The van der Waals surface area contributed by atoms with E-state index < -0.39 is 35.6 Å². The van der Waals surface area contributed by atoms with E-state index in [-0.39, 0.29) is 43.5 Å². The van der Waals surface area contributed by atoms with E-state index in [9.17, 15) is 19.5 Å². The first-order chi connectivity index (χ1) is 34.4. The number of likely N-dealkylation sites (tertiary alicyclic amines) is 1. The lowest BCUT2D eigenvalue weighted by Gasteiger charge is -2.36. The first kappa shape index (κ1) is 50.1. The van der Waals surface area contributed by atoms with Crippen molar-refractivity contribution in [3.63, 3.8) is 0 Å². The van der Waals surface area contributed by atoms with Gasteiger partial charge in [-0.2, -0.15) is 0 Å². The summed E-state index contributed by atoms with van der Waals surface area (Å²) < 4.78 is 19.6. The largest absolute Gasteiger partial charge is 0.490 e. The van der Waals surface area contributed by atoms with Crippen LogP contribution in [-0.4, -0.2) is 96.7 Å². The maximum atomic E-state index is 14.2. The molecule has 3 amide bonds. The third kappa shape index (κ3) is 10.8. The van der Waals surface area contributed by atoms with Crippen LogP contribution in [0, 0.1) is 33.1 Å². The summed E-state index contributed by atoms with van der Waals surface area (Å²) in [5, 5.41) is 30.7. The normalized spacial score (nSPS) is 19.8. The lowest BCUT2D eigenvalue weighted by Crippen LogP contribution is -2.57. The molecule has 3 aromatic carbocycles. The quantitative estimate of drug-likeness (QED) is 0.0732. The minimum atomic E-state index is -0.902. The topological polar surface area (TPSA) is 198 Å². The van der Waals surface area contributed by atoms with E-state index >= 15 is 0 Å². The average molecular weight is 1010 g/mol. The van der Waals surface area contributed by atoms with Gasteiger partial charge in [0.25, 0.3) is 5.91 Å². The van der Waals surface area contributed by atoms with Crippen LogP contribution in [0.2, 0.25) is 5.02 Å². The first-order valence-corrected chi connectivity index (χ1v) is 25.3. The van der Waals surface area contributed by atoms with Crippen molar-refractivity contribution >= 4 is 46.4 Å². The summed E-state index contributed by atoms with van der Waals surface area (Å²) in [5.41, 5.74) is 6.51. The average Bonchev–Trinajstić information content (AvgIpc) is 4.11. The highest BCUT2D eigenvalue weighted by molar-refractivity contribution is 7.15. The molecule has 0 radical (unpaired) electrons. The number of aromatic nitrogens is 4. The van der Waals surface area contributed by atoms with Gasteiger partial charge in [-0.1, -0.05) is 75.3 Å². The zero-order valence-electron chi connectivity index (χ0n) is 41.5. The highest BCUT2D eigenvalue weighted by atomic mass is 35.5. The van der Waals surface area contributed by atoms with Gasteiger partial charge in [0.05, 0.1) is 30.0 Å². The van der Waals surface area contributed by atoms with Gasteiger partial charge in [0.1, 0.15) is 40.5 Å². The Morgan fingerprint density at radius 1 is 0.931 bits per heavy atom. The maximum Gasteiger partial charge on any atom is 0.258 e. The van der Waals surface area contributed by atoms with E-state index in [1.165, 1.54) is 11.3 Å². The van der Waals surface area contributed by atoms with Gasteiger partial charge in [0, 0.05) is 70.7 Å². The number of oxazole rings is 1. The third-order valence-corrected chi connectivity index (χ3v) is 15.0. The van der Waals surface area contributed by atoms with Gasteiger partial charge in [-0.15, -0.1) is 21.5 Å². The van der Waals surface area contributed by atoms with Crippen LogP contribution >= 0.6 is 22.9 Å². The fraction of sp³-hybridized carbons (Fsp3) is 0.389. The van der Waals surface area contributed by atoms with Gasteiger partial charge < -0.3 is 39.8 Å². The van der Waals surface area contributed by atoms with Gasteiger partial charge in [-0.25, -0.2) is 4.98 Å². The summed E-state index contributed by atoms with van der Waals surface area (Å²) in [6.07, 6.45) is 2.27. The molecule has 2 fully saturated rings. The zero-order chi connectivity index (χ0) is 51.0. The molecule has 16 nitrogen and oxygen atoms in total. The molecule has 4 atom stereocenters. The number of hydrogen-bond acceptors (Lipinski definition) is 13. The van der Waals surface area contributed by atoms with Crippen LogP contribution in [0.25, 0.3) is 16.3 Å². The number of ether oxygens (including phenoxy) is 2. The molecular weight excluding hydrogens is 954 g/mol. The first-order valence-electron chi connectivity index (χ1n) is 24.1. The number of aliphatic imine (C=N–C) groups is 1. The molecule has 18 heteroatoms. The Morgan fingerprint density at radius 2 is 1.62 bits per heavy atom. The van der Waals surface area contributed by atoms with Crippen LogP contribution in [0.15, 0.2) is 101 Å². The highest BCUT2D eigenvalue weighted by Crippen LogP contribution is 2.40. The molecular formula is C54H60ClN9O7S. The number of carbonyl (C=O) groups is 3. The van der Waals surface area contributed by atoms with Crippen molar-refractivity contribution < 1.29 is 33.4 Å². The Bertz CT molecular complexity index is 3010. The van der Waals surface area contributed by atoms with Gasteiger partial charge >= 0.3 is 0 Å². The number of benzene rings is 3. The van der Waals surface area contributed by atoms with Gasteiger partial charge in [-0.3, -0.25) is 23.9 Å². The predicted molar refractivity (Wildman–Crippen MR) is 276 cm³/mol. The fourth-order valence-electron chi connectivity index (χ4n) is 9.42. The molecule has 1 saturated carbocycles. The number of aliphatic hydroxyl groups excluding tert-OH is 1. The number of nitrogens with one attached hydrogen (secondary N) is 3. The number of hydrogen-bond donors (Lipinski definition) is 4. The lowest BCUT2D eigenvalue weighted by molar-refractivity contribution is -0.140. The van der Waals surface area contributed by atoms with Crippen LogP contribution in [-0.2, 0) is 20.9 Å². The molecule has 72 heavy (non-hydrogen) atoms. The summed E-state index contributed by atoms with van der Waals surface area (Å²) >= 11 is 7.93. The minimum absolute atomic E-state index is 0.0634. The number of carbonyl (C=O) groups excluding carboxylic acids is 3. The van der Waals surface area contributed by atoms with Crippen molar-refractivity contribution in [3.05, 3.63) is 141 Å². The molecule has 6 aromatic rings. The standard InChI is InChI=1S/C54H60ClN9O7S/c1-29-32(4)72-53-47(29)48(35-13-15-37(55)16-14-35)59-43(51-62-61-33(5)64(51)53)24-45(66)58-38-21-42(22-38)71-41-19-17-40(18-20-41)69-27-46(67)60-50(54(6,7)8)52(68)63-26-39(65)23-44(63)30(2)56-25-34-9-11-36(12-10-34)49-31(3)57-28-70-49/h9-20,28,38-39,42-44,50,56,65H,2,21-27H2,1,3-8H3,(H,58,66)(H,60,67)/t38?,39-,42?,43+,44+,50-/m1/s1. The smallest absolute Gasteiger partial charge is 0.258 e. The molecule has 5 heterocycles. The molecule has 0 bridgehead atoms. The summed E-state index contributed by atoms with van der Waals surface area (Å²) in [7, 11) is 0. The molecule has 4 N–H and O–H groups in total. The van der Waals surface area contributed by atoms with Gasteiger partial charge in [-0.05, 0) is 80.6 Å². The molecule has 2 aliphatic heterocycles. The lowest BCUT2D eigenvalue weighted by atomic mass is 9.85. The van der Waals surface area contributed by atoms with Crippen LogP contribution in [0.1, 0.15) is 97.0 Å². The van der Waals surface area contributed by atoms with E-state index in [1.54, 1.807) is 40.5 Å². The number of thiophene rings is 1. The van der Waals surface area contributed by atoms with E-state index in [4.69, 9.17) is 30.5 Å². The van der Waals surface area contributed by atoms with Crippen molar-refractivity contribution in [3.8, 4) is 27.8 Å². The van der Waals surface area contributed by atoms with Crippen LogP contribution in [0.5, 0.6) is 11.5 Å². The molecule has 1 aliphatic carbocycles. The van der Waals surface area contributed by atoms with E-state index in [0.717, 1.165) is 55.8 Å². The number of halogens is 1. The van der Waals surface area contributed by atoms with Crippen molar-refractivity contribution in [1.82, 2.24) is 40.6 Å². The second kappa shape index (κ2) is 20.7. The highest BCUT2D eigenvalue weighted by Gasteiger charge is 2.43. The number of β-amino-alcohol motifs (C(OH)–C–C–N with tert-alkyl or cyclic N) is 1. The molecule has 9 rings (SSSR count). The molecule has 1 saturated heterocycles. The number of amides is 3. The molecule has 3 aliphatic rings. The van der Waals surface area contributed by atoms with Crippen LogP contribution < -0.4 is 25.4 Å².